The zero-order chi connectivity index (χ0) is 36.1. The van der Waals surface area contributed by atoms with Gasteiger partial charge in [0.05, 0.1) is 53.5 Å². The van der Waals surface area contributed by atoms with Crippen molar-refractivity contribution in [1.29, 1.82) is 0 Å². The summed E-state index contributed by atoms with van der Waals surface area (Å²) in [7, 11) is 3.48. The van der Waals surface area contributed by atoms with Crippen LogP contribution in [0.2, 0.25) is 5.02 Å². The number of halogens is 4. The molecule has 5 heterocycles. The molecular formula is C32H33ClF3N9O5. The minimum atomic E-state index is -4.61. The van der Waals surface area contributed by atoms with Crippen LogP contribution in [0.5, 0.6) is 5.75 Å². The Morgan fingerprint density at radius 3 is 2.56 bits per heavy atom. The molecule has 4 aromatic rings. The van der Waals surface area contributed by atoms with Gasteiger partial charge in [0, 0.05) is 32.9 Å². The van der Waals surface area contributed by atoms with Crippen LogP contribution in [0.1, 0.15) is 34.4 Å². The van der Waals surface area contributed by atoms with E-state index in [9.17, 15) is 32.7 Å². The number of amides is 2. The summed E-state index contributed by atoms with van der Waals surface area (Å²) in [5.74, 6) is -1.05. The molecule has 2 amide bonds. The molecule has 3 aromatic heterocycles. The van der Waals surface area contributed by atoms with Crippen molar-refractivity contribution < 1.29 is 32.6 Å². The topological polar surface area (TPSA) is 159 Å². The molecule has 2 aliphatic heterocycles. The lowest BCUT2D eigenvalue weighted by Crippen LogP contribution is -2.62. The smallest absolute Gasteiger partial charge is 0.416 e. The van der Waals surface area contributed by atoms with E-state index < -0.39 is 41.1 Å². The third-order valence-electron chi connectivity index (χ3n) is 8.85. The van der Waals surface area contributed by atoms with E-state index in [-0.39, 0.29) is 84.0 Å². The molecule has 18 heteroatoms. The Morgan fingerprint density at radius 1 is 1.14 bits per heavy atom. The van der Waals surface area contributed by atoms with Gasteiger partial charge in [0.2, 0.25) is 11.3 Å². The second-order valence-electron chi connectivity index (χ2n) is 12.1. The van der Waals surface area contributed by atoms with Crippen LogP contribution < -0.4 is 20.5 Å². The number of pyridine rings is 1. The van der Waals surface area contributed by atoms with Gasteiger partial charge in [-0.25, -0.2) is 19.9 Å². The van der Waals surface area contributed by atoms with Crippen LogP contribution in [0.3, 0.4) is 0 Å². The van der Waals surface area contributed by atoms with Gasteiger partial charge in [-0.05, 0) is 31.5 Å². The summed E-state index contributed by atoms with van der Waals surface area (Å²) in [4.78, 5) is 63.8. The molecule has 14 nitrogen and oxygen atoms in total. The van der Waals surface area contributed by atoms with E-state index in [1.165, 1.54) is 12.5 Å². The molecule has 2 N–H and O–H groups in total. The molecule has 0 radical (unpaired) electrons. The number of anilines is 3. The third kappa shape index (κ3) is 6.26. The van der Waals surface area contributed by atoms with Crippen molar-refractivity contribution in [2.75, 3.05) is 55.5 Å². The van der Waals surface area contributed by atoms with Gasteiger partial charge in [0.25, 0.3) is 5.91 Å². The summed E-state index contributed by atoms with van der Waals surface area (Å²) >= 11 is 6.11. The van der Waals surface area contributed by atoms with Gasteiger partial charge in [-0.2, -0.15) is 13.2 Å². The zero-order valence-electron chi connectivity index (χ0n) is 27.5. The van der Waals surface area contributed by atoms with Crippen molar-refractivity contribution in [2.45, 2.75) is 45.1 Å². The SMILES string of the molecule is CCc1c(N2CCN(C(=O)c3ncnc(C)c3O)[C@@H]3COC[C@H]32)c(=O)c2nc(N(C)C)cnc2n1CC(=O)Nc1ccc(C(F)(F)F)cc1Cl. The molecule has 6 rings (SSSR count). The fraction of sp³-hybridized carbons (Fsp3) is 0.406. The molecule has 0 saturated carbocycles. The van der Waals surface area contributed by atoms with Crippen molar-refractivity contribution in [1.82, 2.24) is 29.4 Å². The van der Waals surface area contributed by atoms with Gasteiger partial charge in [0.1, 0.15) is 24.4 Å². The molecule has 0 aliphatic carbocycles. The monoisotopic (exact) mass is 715 g/mol. The Kier molecular flexibility index (Phi) is 9.30. The van der Waals surface area contributed by atoms with Crippen LogP contribution in [-0.2, 0) is 28.7 Å². The van der Waals surface area contributed by atoms with E-state index in [4.69, 9.17) is 16.3 Å². The summed E-state index contributed by atoms with van der Waals surface area (Å²) in [6.07, 6.45) is -1.66. The standard InChI is InChI=1S/C32H33ClF3N9O5/c1-5-20-27(43-8-9-44(22-14-50-13-21(22)43)31(49)26-28(47)16(2)38-15-39-26)29(48)25-30(37-11-23(41-25)42(3)4)45(20)12-24(46)40-19-7-6-17(10-18(19)33)32(34,35)36/h6-7,10-11,15,21-22,47H,5,8-9,12-14H2,1-4H3,(H,40,46)/t21-,22-/m1/s1. The number of aromatic hydroxyl groups is 1. The number of benzene rings is 1. The number of hydrogen-bond acceptors (Lipinski definition) is 11. The molecule has 264 valence electrons. The van der Waals surface area contributed by atoms with E-state index in [2.05, 4.69) is 25.3 Å². The maximum Gasteiger partial charge on any atom is 0.416 e. The minimum Gasteiger partial charge on any atom is -0.504 e. The molecule has 50 heavy (non-hydrogen) atoms. The summed E-state index contributed by atoms with van der Waals surface area (Å²) in [6, 6.07) is 1.63. The van der Waals surface area contributed by atoms with Gasteiger partial charge in [-0.15, -0.1) is 0 Å². The van der Waals surface area contributed by atoms with E-state index in [1.807, 2.05) is 11.8 Å². The number of alkyl halides is 3. The Hall–Kier alpha value is -5.03. The third-order valence-corrected chi connectivity index (χ3v) is 9.16. The molecule has 2 atom stereocenters. The van der Waals surface area contributed by atoms with Crippen LogP contribution in [0.25, 0.3) is 11.2 Å². The van der Waals surface area contributed by atoms with Gasteiger partial charge < -0.3 is 34.4 Å². The highest BCUT2D eigenvalue weighted by Gasteiger charge is 2.45. The van der Waals surface area contributed by atoms with Gasteiger partial charge in [0.15, 0.2) is 22.6 Å². The number of hydrogen-bond donors (Lipinski definition) is 2. The van der Waals surface area contributed by atoms with E-state index >= 15 is 0 Å². The number of carbonyl (C=O) groups is 2. The lowest BCUT2D eigenvalue weighted by Gasteiger charge is -2.45. The first-order valence-corrected chi connectivity index (χ1v) is 16.0. The summed E-state index contributed by atoms with van der Waals surface area (Å²) in [6.45, 7) is 3.70. The van der Waals surface area contributed by atoms with Crippen molar-refractivity contribution in [3.8, 4) is 5.75 Å². The normalized spacial score (nSPS) is 17.6. The highest BCUT2D eigenvalue weighted by molar-refractivity contribution is 6.33. The van der Waals surface area contributed by atoms with Gasteiger partial charge in [-0.1, -0.05) is 18.5 Å². The highest BCUT2D eigenvalue weighted by Crippen LogP contribution is 2.35. The average Bonchev–Trinajstić information content (AvgIpc) is 3.57. The second-order valence-corrected chi connectivity index (χ2v) is 12.5. The first-order valence-electron chi connectivity index (χ1n) is 15.6. The van der Waals surface area contributed by atoms with Crippen molar-refractivity contribution in [3.05, 3.63) is 68.6 Å². The first kappa shape index (κ1) is 34.8. The average molecular weight is 716 g/mol. The van der Waals surface area contributed by atoms with Crippen LogP contribution in [-0.4, -0.2) is 98.8 Å². The summed E-state index contributed by atoms with van der Waals surface area (Å²) in [5, 5.41) is 12.8. The summed E-state index contributed by atoms with van der Waals surface area (Å²) in [5.41, 5.74) is -0.432. The molecule has 0 bridgehead atoms. The molecule has 1 aromatic carbocycles. The maximum atomic E-state index is 14.4. The number of rotatable bonds is 7. The van der Waals surface area contributed by atoms with Crippen molar-refractivity contribution in [3.63, 3.8) is 0 Å². The highest BCUT2D eigenvalue weighted by atomic mass is 35.5. The number of aromatic nitrogens is 5. The summed E-state index contributed by atoms with van der Waals surface area (Å²) < 4.78 is 47.0. The first-order chi connectivity index (χ1) is 23.7. The van der Waals surface area contributed by atoms with Crippen molar-refractivity contribution in [2.24, 2.45) is 0 Å². The van der Waals surface area contributed by atoms with E-state index in [0.717, 1.165) is 18.2 Å². The van der Waals surface area contributed by atoms with Crippen LogP contribution in [0.4, 0.5) is 30.4 Å². The Labute approximate surface area is 288 Å². The van der Waals surface area contributed by atoms with Gasteiger partial charge in [-0.3, -0.25) is 14.4 Å². The predicted molar refractivity (Wildman–Crippen MR) is 178 cm³/mol. The van der Waals surface area contributed by atoms with E-state index in [0.29, 0.717) is 11.5 Å². The lowest BCUT2D eigenvalue weighted by molar-refractivity contribution is -0.137. The number of carbonyl (C=O) groups excluding carboxylic acids is 2. The predicted octanol–water partition coefficient (Wildman–Crippen LogP) is 3.26. The molecule has 0 spiro atoms. The number of ether oxygens (including phenoxy) is 1. The molecule has 2 aliphatic rings. The Balaban J connectivity index is 1.40. The lowest BCUT2D eigenvalue weighted by atomic mass is 10.0. The Bertz CT molecular complexity index is 2060. The number of nitrogens with zero attached hydrogens (tertiary/aromatic N) is 8. The van der Waals surface area contributed by atoms with Crippen LogP contribution in [0.15, 0.2) is 35.5 Å². The zero-order valence-corrected chi connectivity index (χ0v) is 28.2. The number of piperazine rings is 1. The number of aryl methyl sites for hydroxylation is 1. The fourth-order valence-electron chi connectivity index (χ4n) is 6.35. The molecule has 2 fully saturated rings. The molecule has 0 unspecified atom stereocenters. The van der Waals surface area contributed by atoms with E-state index in [1.54, 1.807) is 35.4 Å². The van der Waals surface area contributed by atoms with Crippen LogP contribution in [0, 0.1) is 6.92 Å². The molecule has 2 saturated heterocycles. The largest absolute Gasteiger partial charge is 0.504 e. The Morgan fingerprint density at radius 2 is 1.88 bits per heavy atom. The number of nitrogens with one attached hydrogen (secondary N) is 1. The second kappa shape index (κ2) is 13.4. The minimum absolute atomic E-state index is 0.000818. The molecular weight excluding hydrogens is 683 g/mol. The number of fused-ring (bicyclic) bond motifs is 2. The quantitative estimate of drug-likeness (QED) is 0.289. The van der Waals surface area contributed by atoms with Crippen molar-refractivity contribution >= 4 is 51.8 Å². The fourth-order valence-corrected chi connectivity index (χ4v) is 6.58. The van der Waals surface area contributed by atoms with Crippen LogP contribution >= 0.6 is 11.6 Å². The maximum absolute atomic E-state index is 14.4. The van der Waals surface area contributed by atoms with Gasteiger partial charge >= 0.3 is 6.18 Å².